The first-order valence-electron chi connectivity index (χ1n) is 11.3. The van der Waals surface area contributed by atoms with Crippen LogP contribution in [0, 0.1) is 0 Å². The number of hydrogen-bond acceptors (Lipinski definition) is 1. The van der Waals surface area contributed by atoms with E-state index in [1.807, 2.05) is 6.08 Å². The summed E-state index contributed by atoms with van der Waals surface area (Å²) in [6.45, 7) is 2.29. The fourth-order valence-electron chi connectivity index (χ4n) is 3.29. The Labute approximate surface area is 159 Å². The van der Waals surface area contributed by atoms with E-state index >= 15 is 0 Å². The number of allylic oxidation sites excluding steroid dienone is 3. The lowest BCUT2D eigenvalue weighted by molar-refractivity contribution is 0.338. The first-order valence-corrected chi connectivity index (χ1v) is 11.3. The number of rotatable bonds is 20. The molecule has 0 atom stereocenters. The molecule has 0 heterocycles. The molecular weight excluding hydrogens is 304 g/mol. The van der Waals surface area contributed by atoms with Crippen LogP contribution in [0.2, 0.25) is 0 Å². The molecule has 148 valence electrons. The van der Waals surface area contributed by atoms with Crippen molar-refractivity contribution in [2.45, 2.75) is 122 Å². The average Bonchev–Trinajstić information content (AvgIpc) is 2.63. The summed E-state index contributed by atoms with van der Waals surface area (Å²) in [5.74, 6) is 0. The van der Waals surface area contributed by atoms with Crippen molar-refractivity contribution in [2.24, 2.45) is 0 Å². The molecule has 0 amide bonds. The summed E-state index contributed by atoms with van der Waals surface area (Å²) < 4.78 is 4.85. The quantitative estimate of drug-likeness (QED) is 0.121. The summed E-state index contributed by atoms with van der Waals surface area (Å²) in [5, 5.41) is 0. The van der Waals surface area contributed by atoms with Crippen molar-refractivity contribution in [1.29, 1.82) is 0 Å². The van der Waals surface area contributed by atoms with Crippen molar-refractivity contribution in [3.8, 4) is 0 Å². The van der Waals surface area contributed by atoms with Crippen LogP contribution in [0.1, 0.15) is 122 Å². The predicted octanol–water partition coefficient (Wildman–Crippen LogP) is 8.74. The molecule has 0 aromatic heterocycles. The van der Waals surface area contributed by atoms with Crippen LogP contribution >= 0.6 is 0 Å². The molecule has 0 N–H and O–H groups in total. The molecule has 0 bridgehead atoms. The first-order chi connectivity index (χ1) is 12.4. The summed E-state index contributed by atoms with van der Waals surface area (Å²) in [4.78, 5) is 0. The van der Waals surface area contributed by atoms with E-state index in [1.165, 1.54) is 116 Å². The second-order valence-electron chi connectivity index (χ2n) is 7.44. The van der Waals surface area contributed by atoms with Crippen LogP contribution in [-0.4, -0.2) is 7.11 Å². The van der Waals surface area contributed by atoms with E-state index in [9.17, 15) is 0 Å². The Morgan fingerprint density at radius 2 is 0.920 bits per heavy atom. The van der Waals surface area contributed by atoms with Crippen LogP contribution < -0.4 is 0 Å². The van der Waals surface area contributed by atoms with Gasteiger partial charge in [0.15, 0.2) is 0 Å². The largest absolute Gasteiger partial charge is 0.504 e. The van der Waals surface area contributed by atoms with Gasteiger partial charge >= 0.3 is 0 Å². The fourth-order valence-corrected chi connectivity index (χ4v) is 3.29. The monoisotopic (exact) mass is 350 g/mol. The van der Waals surface area contributed by atoms with Crippen molar-refractivity contribution < 1.29 is 4.74 Å². The SMILES string of the molecule is CCCCCCCCCCCCCCCCCCC/C=C/C=C/OC. The van der Waals surface area contributed by atoms with Gasteiger partial charge in [-0.15, -0.1) is 0 Å². The molecule has 1 nitrogen and oxygen atoms in total. The van der Waals surface area contributed by atoms with Crippen LogP contribution in [0.25, 0.3) is 0 Å². The molecule has 25 heavy (non-hydrogen) atoms. The van der Waals surface area contributed by atoms with Gasteiger partial charge in [-0.05, 0) is 18.9 Å². The smallest absolute Gasteiger partial charge is 0.0824 e. The Balaban J connectivity index is 3.03. The highest BCUT2D eigenvalue weighted by Gasteiger charge is 1.94. The Bertz CT molecular complexity index is 280. The summed E-state index contributed by atoms with van der Waals surface area (Å²) >= 11 is 0. The maximum absolute atomic E-state index is 4.85. The molecule has 0 aromatic rings. The highest BCUT2D eigenvalue weighted by Crippen LogP contribution is 2.14. The van der Waals surface area contributed by atoms with E-state index in [1.54, 1.807) is 13.4 Å². The van der Waals surface area contributed by atoms with Crippen molar-refractivity contribution >= 4 is 0 Å². The van der Waals surface area contributed by atoms with Crippen molar-refractivity contribution in [2.75, 3.05) is 7.11 Å². The molecule has 0 saturated heterocycles. The zero-order chi connectivity index (χ0) is 18.3. The molecule has 0 aliphatic heterocycles. The van der Waals surface area contributed by atoms with Gasteiger partial charge in [0.05, 0.1) is 13.4 Å². The molecule has 0 aromatic carbocycles. The molecule has 0 rings (SSSR count). The van der Waals surface area contributed by atoms with E-state index in [0.29, 0.717) is 0 Å². The molecule has 0 saturated carbocycles. The molecule has 0 fully saturated rings. The minimum Gasteiger partial charge on any atom is -0.504 e. The lowest BCUT2D eigenvalue weighted by Gasteiger charge is -2.03. The third-order valence-corrected chi connectivity index (χ3v) is 4.94. The fraction of sp³-hybridized carbons (Fsp3) is 0.833. The predicted molar refractivity (Wildman–Crippen MR) is 114 cm³/mol. The van der Waals surface area contributed by atoms with Crippen LogP contribution in [-0.2, 0) is 4.74 Å². The molecular formula is C24H46O. The Morgan fingerprint density at radius 3 is 1.32 bits per heavy atom. The number of unbranched alkanes of at least 4 members (excludes halogenated alkanes) is 17. The minimum atomic E-state index is 1.20. The Morgan fingerprint density at radius 1 is 0.520 bits per heavy atom. The van der Waals surface area contributed by atoms with E-state index in [4.69, 9.17) is 4.74 Å². The van der Waals surface area contributed by atoms with Gasteiger partial charge < -0.3 is 4.74 Å². The van der Waals surface area contributed by atoms with Crippen molar-refractivity contribution in [3.63, 3.8) is 0 Å². The van der Waals surface area contributed by atoms with Gasteiger partial charge in [0.2, 0.25) is 0 Å². The molecule has 0 aliphatic rings. The minimum absolute atomic E-state index is 1.20. The molecule has 0 aliphatic carbocycles. The zero-order valence-electron chi connectivity index (χ0n) is 17.4. The average molecular weight is 351 g/mol. The highest BCUT2D eigenvalue weighted by atomic mass is 16.5. The van der Waals surface area contributed by atoms with Gasteiger partial charge in [-0.25, -0.2) is 0 Å². The molecule has 0 unspecified atom stereocenters. The highest BCUT2D eigenvalue weighted by molar-refractivity contribution is 4.99. The van der Waals surface area contributed by atoms with E-state index in [0.717, 1.165) is 0 Å². The van der Waals surface area contributed by atoms with Crippen molar-refractivity contribution in [3.05, 3.63) is 24.5 Å². The Kier molecular flexibility index (Phi) is 22.6. The van der Waals surface area contributed by atoms with Gasteiger partial charge in [-0.1, -0.05) is 122 Å². The van der Waals surface area contributed by atoms with Gasteiger partial charge in [0.1, 0.15) is 0 Å². The van der Waals surface area contributed by atoms with Crippen LogP contribution in [0.5, 0.6) is 0 Å². The van der Waals surface area contributed by atoms with E-state index < -0.39 is 0 Å². The normalized spacial score (nSPS) is 11.8. The van der Waals surface area contributed by atoms with Crippen molar-refractivity contribution in [1.82, 2.24) is 0 Å². The third kappa shape index (κ3) is 23.3. The molecule has 0 radical (unpaired) electrons. The van der Waals surface area contributed by atoms with Gasteiger partial charge in [0, 0.05) is 0 Å². The maximum Gasteiger partial charge on any atom is 0.0824 e. The summed E-state index contributed by atoms with van der Waals surface area (Å²) in [6.07, 6.45) is 33.7. The second-order valence-corrected chi connectivity index (χ2v) is 7.44. The topological polar surface area (TPSA) is 9.23 Å². The van der Waals surface area contributed by atoms with Gasteiger partial charge in [-0.2, -0.15) is 0 Å². The standard InChI is InChI=1S/C24H46O/c1-3-4-5-6-7-8-9-10-11-12-13-14-15-16-17-18-19-20-21-22-23-24-25-2/h21-24H,3-20H2,1-2H3/b22-21+,24-23+. The van der Waals surface area contributed by atoms with Crippen LogP contribution in [0.15, 0.2) is 24.5 Å². The number of methoxy groups -OCH3 is 1. The lowest BCUT2D eigenvalue weighted by atomic mass is 10.0. The second kappa shape index (κ2) is 23.3. The van der Waals surface area contributed by atoms with Crippen LogP contribution in [0.3, 0.4) is 0 Å². The molecule has 1 heteroatoms. The number of hydrogen-bond donors (Lipinski definition) is 0. The number of ether oxygens (including phenoxy) is 1. The Hall–Kier alpha value is -0.720. The van der Waals surface area contributed by atoms with Crippen LogP contribution in [0.4, 0.5) is 0 Å². The molecule has 0 spiro atoms. The zero-order valence-corrected chi connectivity index (χ0v) is 17.4. The van der Waals surface area contributed by atoms with Gasteiger partial charge in [-0.3, -0.25) is 0 Å². The summed E-state index contributed by atoms with van der Waals surface area (Å²) in [6, 6.07) is 0. The third-order valence-electron chi connectivity index (χ3n) is 4.94. The summed E-state index contributed by atoms with van der Waals surface area (Å²) in [5.41, 5.74) is 0. The summed E-state index contributed by atoms with van der Waals surface area (Å²) in [7, 11) is 1.68. The maximum atomic E-state index is 4.85. The first kappa shape index (κ1) is 24.3. The van der Waals surface area contributed by atoms with Gasteiger partial charge in [0.25, 0.3) is 0 Å². The van der Waals surface area contributed by atoms with E-state index in [2.05, 4.69) is 19.1 Å². The lowest BCUT2D eigenvalue weighted by Crippen LogP contribution is -1.83. The van der Waals surface area contributed by atoms with E-state index in [-0.39, 0.29) is 0 Å².